The molecule has 2 aromatic heterocycles. The Morgan fingerprint density at radius 2 is 1.89 bits per heavy atom. The predicted molar refractivity (Wildman–Crippen MR) is 140 cm³/mol. The SMILES string of the molecule is CCOc1ccc(Cl)cc1C(=O)NCC(C)(C)CC(=O)Nc1c(C)n(C)n(-c2cccc(C)n2)c1=O. The van der Waals surface area contributed by atoms with Gasteiger partial charge in [0.2, 0.25) is 5.91 Å². The molecule has 0 saturated heterocycles. The second kappa shape index (κ2) is 11.0. The number of pyridine rings is 1. The molecule has 2 amide bonds. The van der Waals surface area contributed by atoms with Crippen LogP contribution in [0.15, 0.2) is 41.2 Å². The second-order valence-electron chi connectivity index (χ2n) is 9.38. The first-order valence-corrected chi connectivity index (χ1v) is 12.0. The monoisotopic (exact) mass is 513 g/mol. The van der Waals surface area contributed by atoms with Crippen LogP contribution < -0.4 is 20.9 Å². The van der Waals surface area contributed by atoms with Crippen LogP contribution in [-0.2, 0) is 11.8 Å². The summed E-state index contributed by atoms with van der Waals surface area (Å²) in [7, 11) is 1.74. The summed E-state index contributed by atoms with van der Waals surface area (Å²) in [6, 6.07) is 10.3. The fourth-order valence-electron chi connectivity index (χ4n) is 3.81. The topological polar surface area (TPSA) is 107 Å². The standard InChI is InChI=1S/C26H32ClN5O4/c1-7-36-20-12-11-18(27)13-19(20)24(34)28-15-26(4,5)14-22(33)30-23-17(3)31(6)32(25(23)35)21-10-8-9-16(2)29-21/h8-13H,7,14-15H2,1-6H3,(H,28,34)(H,30,33). The van der Waals surface area contributed by atoms with E-state index >= 15 is 0 Å². The minimum atomic E-state index is -0.593. The Morgan fingerprint density at radius 1 is 1.17 bits per heavy atom. The molecule has 9 nitrogen and oxygen atoms in total. The zero-order valence-electron chi connectivity index (χ0n) is 21.4. The summed E-state index contributed by atoms with van der Waals surface area (Å²) in [6.07, 6.45) is 0.0810. The Balaban J connectivity index is 1.70. The molecule has 0 aliphatic rings. The van der Waals surface area contributed by atoms with E-state index in [1.165, 1.54) is 4.68 Å². The molecule has 0 atom stereocenters. The largest absolute Gasteiger partial charge is 0.493 e. The number of aryl methyl sites for hydroxylation is 1. The predicted octanol–water partition coefficient (Wildman–Crippen LogP) is 4.02. The highest BCUT2D eigenvalue weighted by Crippen LogP contribution is 2.25. The number of hydrogen-bond donors (Lipinski definition) is 2. The fraction of sp³-hybridized carbons (Fsp3) is 0.385. The van der Waals surface area contributed by atoms with Gasteiger partial charge >= 0.3 is 0 Å². The number of nitrogens with one attached hydrogen (secondary N) is 2. The van der Waals surface area contributed by atoms with E-state index in [0.29, 0.717) is 34.5 Å². The third kappa shape index (κ3) is 6.15. The fourth-order valence-corrected chi connectivity index (χ4v) is 3.99. The molecular formula is C26H32ClN5O4. The number of nitrogens with zero attached hydrogens (tertiary/aromatic N) is 3. The number of amides is 2. The normalized spacial score (nSPS) is 11.3. The van der Waals surface area contributed by atoms with Crippen molar-refractivity contribution in [1.82, 2.24) is 19.7 Å². The van der Waals surface area contributed by atoms with E-state index in [0.717, 1.165) is 5.69 Å². The molecule has 1 aromatic carbocycles. The summed E-state index contributed by atoms with van der Waals surface area (Å²) in [6.45, 7) is 9.80. The molecule has 0 saturated carbocycles. The van der Waals surface area contributed by atoms with Gasteiger partial charge in [0.05, 0.1) is 17.9 Å². The van der Waals surface area contributed by atoms with Crippen LogP contribution in [0.25, 0.3) is 5.82 Å². The third-order valence-electron chi connectivity index (χ3n) is 5.76. The summed E-state index contributed by atoms with van der Waals surface area (Å²) in [5, 5.41) is 6.05. The van der Waals surface area contributed by atoms with Crippen molar-refractivity contribution in [3.63, 3.8) is 0 Å². The molecule has 192 valence electrons. The molecule has 0 unspecified atom stereocenters. The first kappa shape index (κ1) is 27.0. The van der Waals surface area contributed by atoms with Crippen molar-refractivity contribution >= 4 is 29.1 Å². The lowest BCUT2D eigenvalue weighted by atomic mass is 9.88. The van der Waals surface area contributed by atoms with Gasteiger partial charge in [-0.05, 0) is 56.5 Å². The molecule has 0 bridgehead atoms. The first-order valence-electron chi connectivity index (χ1n) is 11.7. The number of anilines is 1. The molecule has 2 N–H and O–H groups in total. The smallest absolute Gasteiger partial charge is 0.296 e. The van der Waals surface area contributed by atoms with Gasteiger partial charge < -0.3 is 15.4 Å². The second-order valence-corrected chi connectivity index (χ2v) is 9.82. The minimum absolute atomic E-state index is 0.0810. The van der Waals surface area contributed by atoms with Gasteiger partial charge in [-0.15, -0.1) is 0 Å². The quantitative estimate of drug-likeness (QED) is 0.449. The highest BCUT2D eigenvalue weighted by molar-refractivity contribution is 6.31. The number of benzene rings is 1. The number of carbonyl (C=O) groups is 2. The number of ether oxygens (including phenoxy) is 1. The highest BCUT2D eigenvalue weighted by atomic mass is 35.5. The van der Waals surface area contributed by atoms with E-state index in [4.69, 9.17) is 16.3 Å². The summed E-state index contributed by atoms with van der Waals surface area (Å²) >= 11 is 6.06. The minimum Gasteiger partial charge on any atom is -0.493 e. The molecule has 0 spiro atoms. The van der Waals surface area contributed by atoms with Crippen LogP contribution >= 0.6 is 11.6 Å². The lowest BCUT2D eigenvalue weighted by molar-refractivity contribution is -0.118. The Labute approximate surface area is 215 Å². The van der Waals surface area contributed by atoms with E-state index in [1.54, 1.807) is 42.9 Å². The Bertz CT molecular complexity index is 1340. The maximum Gasteiger partial charge on any atom is 0.296 e. The van der Waals surface area contributed by atoms with Gasteiger partial charge in [0, 0.05) is 30.7 Å². The van der Waals surface area contributed by atoms with E-state index in [2.05, 4.69) is 15.6 Å². The molecule has 10 heteroatoms. The van der Waals surface area contributed by atoms with Crippen molar-refractivity contribution in [2.75, 3.05) is 18.5 Å². The van der Waals surface area contributed by atoms with Gasteiger partial charge in [0.15, 0.2) is 5.82 Å². The van der Waals surface area contributed by atoms with Crippen molar-refractivity contribution in [1.29, 1.82) is 0 Å². The molecule has 0 radical (unpaired) electrons. The van der Waals surface area contributed by atoms with E-state index in [1.807, 2.05) is 39.8 Å². The zero-order chi connectivity index (χ0) is 26.6. The van der Waals surface area contributed by atoms with Gasteiger partial charge in [-0.3, -0.25) is 19.1 Å². The third-order valence-corrected chi connectivity index (χ3v) is 6.00. The van der Waals surface area contributed by atoms with Gasteiger partial charge in [0.1, 0.15) is 11.4 Å². The van der Waals surface area contributed by atoms with Gasteiger partial charge in [-0.25, -0.2) is 4.98 Å². The van der Waals surface area contributed by atoms with Crippen LogP contribution in [0.3, 0.4) is 0 Å². The van der Waals surface area contributed by atoms with Crippen molar-refractivity contribution in [2.24, 2.45) is 12.5 Å². The maximum atomic E-state index is 13.1. The van der Waals surface area contributed by atoms with Crippen molar-refractivity contribution in [2.45, 2.75) is 41.0 Å². The summed E-state index contributed by atoms with van der Waals surface area (Å²) in [5.74, 6) is 0.236. The van der Waals surface area contributed by atoms with Crippen LogP contribution in [0.2, 0.25) is 5.02 Å². The van der Waals surface area contributed by atoms with Crippen LogP contribution in [0, 0.1) is 19.3 Å². The van der Waals surface area contributed by atoms with Crippen molar-refractivity contribution in [3.05, 3.63) is 68.7 Å². The van der Waals surface area contributed by atoms with Gasteiger partial charge in [0.25, 0.3) is 11.5 Å². The molecule has 0 fully saturated rings. The van der Waals surface area contributed by atoms with Gasteiger partial charge in [-0.1, -0.05) is 31.5 Å². The van der Waals surface area contributed by atoms with Crippen molar-refractivity contribution in [3.8, 4) is 11.6 Å². The molecular weight excluding hydrogens is 482 g/mol. The lowest BCUT2D eigenvalue weighted by Crippen LogP contribution is -2.37. The van der Waals surface area contributed by atoms with Gasteiger partial charge in [-0.2, -0.15) is 4.68 Å². The highest BCUT2D eigenvalue weighted by Gasteiger charge is 2.26. The average molecular weight is 514 g/mol. The number of hydrogen-bond acceptors (Lipinski definition) is 5. The summed E-state index contributed by atoms with van der Waals surface area (Å²) in [4.78, 5) is 43.2. The van der Waals surface area contributed by atoms with E-state index < -0.39 is 5.41 Å². The molecule has 2 heterocycles. The molecule has 3 aromatic rings. The molecule has 36 heavy (non-hydrogen) atoms. The zero-order valence-corrected chi connectivity index (χ0v) is 22.2. The number of carbonyl (C=O) groups excluding carboxylic acids is 2. The van der Waals surface area contributed by atoms with Crippen LogP contribution in [-0.4, -0.2) is 39.3 Å². The number of halogens is 1. The number of rotatable bonds is 9. The van der Waals surface area contributed by atoms with Crippen molar-refractivity contribution < 1.29 is 14.3 Å². The van der Waals surface area contributed by atoms with Crippen LogP contribution in [0.5, 0.6) is 5.75 Å². The molecule has 0 aliphatic heterocycles. The maximum absolute atomic E-state index is 13.1. The molecule has 3 rings (SSSR count). The molecule has 0 aliphatic carbocycles. The Hall–Kier alpha value is -3.59. The van der Waals surface area contributed by atoms with Crippen LogP contribution in [0.4, 0.5) is 5.69 Å². The van der Waals surface area contributed by atoms with Crippen LogP contribution in [0.1, 0.15) is 48.9 Å². The lowest BCUT2D eigenvalue weighted by Gasteiger charge is -2.24. The first-order chi connectivity index (χ1) is 16.9. The summed E-state index contributed by atoms with van der Waals surface area (Å²) in [5.41, 5.74) is 0.952. The van der Waals surface area contributed by atoms with E-state index in [-0.39, 0.29) is 36.0 Å². The average Bonchev–Trinajstić information content (AvgIpc) is 3.01. The Morgan fingerprint density at radius 3 is 2.56 bits per heavy atom. The number of aromatic nitrogens is 3. The van der Waals surface area contributed by atoms with E-state index in [9.17, 15) is 14.4 Å². The Kier molecular flexibility index (Phi) is 8.24. The summed E-state index contributed by atoms with van der Waals surface area (Å²) < 4.78 is 8.61.